The van der Waals surface area contributed by atoms with Gasteiger partial charge >= 0.3 is 0 Å². The third-order valence-electron chi connectivity index (χ3n) is 2.52. The quantitative estimate of drug-likeness (QED) is 0.819. The SMILES string of the molecule is Nc1cc(C(=O)Nc2c(F)cccc2F)cc(Cl)c1Cl. The number of nitrogens with two attached hydrogens (primary N) is 1. The Morgan fingerprint density at radius 3 is 2.30 bits per heavy atom. The molecule has 3 nitrogen and oxygen atoms in total. The van der Waals surface area contributed by atoms with E-state index in [1.54, 1.807) is 0 Å². The van der Waals surface area contributed by atoms with E-state index >= 15 is 0 Å². The number of amides is 1. The molecule has 2 rings (SSSR count). The van der Waals surface area contributed by atoms with Gasteiger partial charge in [0, 0.05) is 5.56 Å². The van der Waals surface area contributed by atoms with E-state index in [2.05, 4.69) is 5.32 Å². The molecule has 0 bridgehead atoms. The third kappa shape index (κ3) is 2.84. The number of carbonyl (C=O) groups is 1. The van der Waals surface area contributed by atoms with E-state index in [9.17, 15) is 13.6 Å². The Morgan fingerprint density at radius 2 is 1.75 bits per heavy atom. The second-order valence-electron chi connectivity index (χ2n) is 3.91. The fourth-order valence-electron chi connectivity index (χ4n) is 1.54. The standard InChI is InChI=1S/C13H8Cl2F2N2O/c14-7-4-6(5-10(18)11(7)15)13(20)19-12-8(16)2-1-3-9(12)17/h1-5H,18H2,(H,19,20). The zero-order valence-electron chi connectivity index (χ0n) is 9.88. The maximum absolute atomic E-state index is 13.4. The Labute approximate surface area is 123 Å². The van der Waals surface area contributed by atoms with Crippen molar-refractivity contribution in [1.82, 2.24) is 0 Å². The first kappa shape index (κ1) is 14.6. The Morgan fingerprint density at radius 1 is 1.15 bits per heavy atom. The molecule has 0 spiro atoms. The molecule has 2 aromatic carbocycles. The molecular formula is C13H8Cl2F2N2O. The second kappa shape index (κ2) is 5.64. The van der Waals surface area contributed by atoms with Gasteiger partial charge < -0.3 is 11.1 Å². The van der Waals surface area contributed by atoms with Gasteiger partial charge in [-0.25, -0.2) is 8.78 Å². The molecule has 0 radical (unpaired) electrons. The lowest BCUT2D eigenvalue weighted by Gasteiger charge is -2.09. The molecule has 0 aliphatic heterocycles. The van der Waals surface area contributed by atoms with E-state index < -0.39 is 23.2 Å². The summed E-state index contributed by atoms with van der Waals surface area (Å²) in [4.78, 5) is 11.9. The van der Waals surface area contributed by atoms with Crippen LogP contribution in [-0.2, 0) is 0 Å². The number of para-hydroxylation sites is 1. The molecule has 0 fully saturated rings. The molecule has 2 aromatic rings. The summed E-state index contributed by atoms with van der Waals surface area (Å²) < 4.78 is 26.8. The molecule has 0 saturated heterocycles. The number of hydrogen-bond donors (Lipinski definition) is 2. The zero-order valence-corrected chi connectivity index (χ0v) is 11.4. The molecule has 0 unspecified atom stereocenters. The Kier molecular flexibility index (Phi) is 4.11. The highest BCUT2D eigenvalue weighted by atomic mass is 35.5. The zero-order chi connectivity index (χ0) is 14.9. The average Bonchev–Trinajstić information content (AvgIpc) is 2.39. The molecule has 0 aliphatic rings. The van der Waals surface area contributed by atoms with E-state index in [1.807, 2.05) is 0 Å². The molecule has 104 valence electrons. The summed E-state index contributed by atoms with van der Waals surface area (Å²) in [6.45, 7) is 0. The molecule has 0 atom stereocenters. The predicted octanol–water partition coefficient (Wildman–Crippen LogP) is 4.11. The first-order chi connectivity index (χ1) is 9.40. The highest BCUT2D eigenvalue weighted by Gasteiger charge is 2.15. The Hall–Kier alpha value is -1.85. The topological polar surface area (TPSA) is 55.1 Å². The lowest BCUT2D eigenvalue weighted by molar-refractivity contribution is 0.102. The van der Waals surface area contributed by atoms with Crippen molar-refractivity contribution in [2.24, 2.45) is 0 Å². The molecule has 0 heterocycles. The lowest BCUT2D eigenvalue weighted by Crippen LogP contribution is -2.14. The summed E-state index contributed by atoms with van der Waals surface area (Å²) in [5.74, 6) is -2.52. The molecule has 3 N–H and O–H groups in total. The van der Waals surface area contributed by atoms with Crippen LogP contribution >= 0.6 is 23.2 Å². The van der Waals surface area contributed by atoms with Crippen LogP contribution in [0, 0.1) is 11.6 Å². The van der Waals surface area contributed by atoms with Gasteiger partial charge in [-0.15, -0.1) is 0 Å². The second-order valence-corrected chi connectivity index (χ2v) is 4.70. The molecule has 1 amide bonds. The van der Waals surface area contributed by atoms with Gasteiger partial charge in [-0.3, -0.25) is 4.79 Å². The van der Waals surface area contributed by atoms with Gasteiger partial charge in [0.15, 0.2) is 0 Å². The molecule has 0 aromatic heterocycles. The third-order valence-corrected chi connectivity index (χ3v) is 3.34. The first-order valence-corrected chi connectivity index (χ1v) is 6.15. The number of anilines is 2. The largest absolute Gasteiger partial charge is 0.397 e. The van der Waals surface area contributed by atoms with Gasteiger partial charge in [0.05, 0.1) is 15.7 Å². The minimum absolute atomic E-state index is 0.0413. The van der Waals surface area contributed by atoms with Crippen molar-refractivity contribution < 1.29 is 13.6 Å². The van der Waals surface area contributed by atoms with Crippen molar-refractivity contribution in [3.8, 4) is 0 Å². The smallest absolute Gasteiger partial charge is 0.255 e. The highest BCUT2D eigenvalue weighted by molar-refractivity contribution is 6.44. The predicted molar refractivity (Wildman–Crippen MR) is 75.2 cm³/mol. The van der Waals surface area contributed by atoms with E-state index in [4.69, 9.17) is 28.9 Å². The van der Waals surface area contributed by atoms with E-state index in [0.717, 1.165) is 12.1 Å². The van der Waals surface area contributed by atoms with E-state index in [1.165, 1.54) is 18.2 Å². The molecule has 0 saturated carbocycles. The number of nitrogens with one attached hydrogen (secondary N) is 1. The number of benzene rings is 2. The lowest BCUT2D eigenvalue weighted by atomic mass is 10.2. The summed E-state index contributed by atoms with van der Waals surface area (Å²) in [6.07, 6.45) is 0. The van der Waals surface area contributed by atoms with Gasteiger partial charge in [-0.1, -0.05) is 29.3 Å². The van der Waals surface area contributed by atoms with Crippen molar-refractivity contribution in [3.05, 3.63) is 57.6 Å². The Bertz CT molecular complexity index is 649. The minimum Gasteiger partial charge on any atom is -0.397 e. The van der Waals surface area contributed by atoms with Gasteiger partial charge in [0.1, 0.15) is 17.3 Å². The molecule has 0 aliphatic carbocycles. The molecule has 7 heteroatoms. The van der Waals surface area contributed by atoms with Crippen molar-refractivity contribution in [1.29, 1.82) is 0 Å². The summed E-state index contributed by atoms with van der Waals surface area (Å²) in [5.41, 5.74) is 5.17. The van der Waals surface area contributed by atoms with Crippen LogP contribution in [0.3, 0.4) is 0 Å². The van der Waals surface area contributed by atoms with Crippen LogP contribution in [0.15, 0.2) is 30.3 Å². The van der Waals surface area contributed by atoms with Crippen LogP contribution in [0.4, 0.5) is 20.2 Å². The van der Waals surface area contributed by atoms with Crippen LogP contribution in [0.25, 0.3) is 0 Å². The molecular weight excluding hydrogens is 309 g/mol. The van der Waals surface area contributed by atoms with Crippen LogP contribution in [0.2, 0.25) is 10.0 Å². The van der Waals surface area contributed by atoms with Gasteiger partial charge in [-0.05, 0) is 24.3 Å². The van der Waals surface area contributed by atoms with E-state index in [0.29, 0.717) is 0 Å². The fraction of sp³-hybridized carbons (Fsp3) is 0. The summed E-state index contributed by atoms with van der Waals surface area (Å²) >= 11 is 11.5. The fourth-order valence-corrected chi connectivity index (χ4v) is 1.88. The number of rotatable bonds is 2. The van der Waals surface area contributed by atoms with Crippen molar-refractivity contribution >= 4 is 40.5 Å². The normalized spacial score (nSPS) is 10.4. The number of halogens is 4. The van der Waals surface area contributed by atoms with Crippen LogP contribution in [0.5, 0.6) is 0 Å². The maximum atomic E-state index is 13.4. The van der Waals surface area contributed by atoms with Crippen molar-refractivity contribution in [2.45, 2.75) is 0 Å². The van der Waals surface area contributed by atoms with Crippen LogP contribution < -0.4 is 11.1 Å². The summed E-state index contributed by atoms with van der Waals surface area (Å²) in [5, 5.41) is 2.31. The monoisotopic (exact) mass is 316 g/mol. The van der Waals surface area contributed by atoms with Gasteiger partial charge in [0.25, 0.3) is 5.91 Å². The highest BCUT2D eigenvalue weighted by Crippen LogP contribution is 2.30. The summed E-state index contributed by atoms with van der Waals surface area (Å²) in [6, 6.07) is 5.78. The average molecular weight is 317 g/mol. The summed E-state index contributed by atoms with van der Waals surface area (Å²) in [7, 11) is 0. The van der Waals surface area contributed by atoms with Crippen molar-refractivity contribution in [2.75, 3.05) is 11.1 Å². The number of nitrogen functional groups attached to an aromatic ring is 1. The molecule has 20 heavy (non-hydrogen) atoms. The maximum Gasteiger partial charge on any atom is 0.255 e. The van der Waals surface area contributed by atoms with E-state index in [-0.39, 0.29) is 21.3 Å². The van der Waals surface area contributed by atoms with Crippen LogP contribution in [-0.4, -0.2) is 5.91 Å². The first-order valence-electron chi connectivity index (χ1n) is 5.40. The Balaban J connectivity index is 2.34. The number of carbonyl (C=O) groups excluding carboxylic acids is 1. The van der Waals surface area contributed by atoms with Crippen molar-refractivity contribution in [3.63, 3.8) is 0 Å². The van der Waals surface area contributed by atoms with Gasteiger partial charge in [0.2, 0.25) is 0 Å². The van der Waals surface area contributed by atoms with Gasteiger partial charge in [-0.2, -0.15) is 0 Å². The van der Waals surface area contributed by atoms with Crippen LogP contribution in [0.1, 0.15) is 10.4 Å². The number of hydrogen-bond acceptors (Lipinski definition) is 2. The minimum atomic E-state index is -0.883.